The largest absolute Gasteiger partial charge is 0.490 e. The highest BCUT2D eigenvalue weighted by Gasteiger charge is 2.18. The summed E-state index contributed by atoms with van der Waals surface area (Å²) in [5.74, 6) is 1.03. The molecular weight excluding hydrogens is 346 g/mol. The van der Waals surface area contributed by atoms with E-state index in [0.29, 0.717) is 54.0 Å². The summed E-state index contributed by atoms with van der Waals surface area (Å²) in [4.78, 5) is 16.8. The highest BCUT2D eigenvalue weighted by molar-refractivity contribution is 6.00. The summed E-state index contributed by atoms with van der Waals surface area (Å²) < 4.78 is 16.9. The Hall–Kier alpha value is -3.09. The van der Waals surface area contributed by atoms with E-state index in [1.54, 1.807) is 25.3 Å². The van der Waals surface area contributed by atoms with Crippen molar-refractivity contribution in [3.63, 3.8) is 0 Å². The molecule has 0 aliphatic heterocycles. The summed E-state index contributed by atoms with van der Waals surface area (Å²) in [5.41, 5.74) is 4.20. The maximum absolute atomic E-state index is 12.6. The Morgan fingerprint density at radius 1 is 1.04 bits per heavy atom. The van der Waals surface area contributed by atoms with Gasteiger partial charge in [0.05, 0.1) is 31.2 Å². The minimum Gasteiger partial charge on any atom is -0.490 e. The number of hydrogen-bond acceptors (Lipinski definition) is 6. The van der Waals surface area contributed by atoms with Gasteiger partial charge in [-0.1, -0.05) is 6.07 Å². The van der Waals surface area contributed by atoms with Crippen LogP contribution in [0.5, 0.6) is 17.2 Å². The summed E-state index contributed by atoms with van der Waals surface area (Å²) >= 11 is 0. The Balaban J connectivity index is 2.29. The fraction of sp³-hybridized carbons (Fsp3) is 0.350. The zero-order valence-corrected chi connectivity index (χ0v) is 16.1. The topological polar surface area (TPSA) is 82.0 Å². The van der Waals surface area contributed by atoms with Gasteiger partial charge in [0.15, 0.2) is 11.5 Å². The number of nitrogens with one attached hydrogen (secondary N) is 1. The van der Waals surface area contributed by atoms with Gasteiger partial charge in [-0.2, -0.15) is 5.10 Å². The lowest BCUT2D eigenvalue weighted by atomic mass is 10.1. The summed E-state index contributed by atoms with van der Waals surface area (Å²) in [6.07, 6.45) is 1.67. The lowest BCUT2D eigenvalue weighted by Crippen LogP contribution is -2.20. The standard InChI is InChI=1S/C20H25N3O4/c1-5-25-17-12-15(13-18(26-6-2)19(17)27-7-3)20(24)23-22-14(4)16-10-8-9-11-21-16/h8-13H,5-7H2,1-4H3,(H,23,24). The Morgan fingerprint density at radius 3 is 2.19 bits per heavy atom. The van der Waals surface area contributed by atoms with Gasteiger partial charge in [0.2, 0.25) is 5.75 Å². The van der Waals surface area contributed by atoms with Crippen molar-refractivity contribution in [1.82, 2.24) is 10.4 Å². The molecule has 0 bridgehead atoms. The first-order valence-corrected chi connectivity index (χ1v) is 8.93. The lowest BCUT2D eigenvalue weighted by Gasteiger charge is -2.16. The number of rotatable bonds is 9. The monoisotopic (exact) mass is 371 g/mol. The quantitative estimate of drug-likeness (QED) is 0.539. The van der Waals surface area contributed by atoms with E-state index < -0.39 is 0 Å². The molecule has 0 atom stereocenters. The van der Waals surface area contributed by atoms with Crippen LogP contribution in [0.2, 0.25) is 0 Å². The van der Waals surface area contributed by atoms with Gasteiger partial charge in [-0.15, -0.1) is 0 Å². The number of hydrazone groups is 1. The first kappa shape index (κ1) is 20.2. The second-order valence-corrected chi connectivity index (χ2v) is 5.45. The molecule has 0 radical (unpaired) electrons. The molecule has 0 aliphatic rings. The van der Waals surface area contributed by atoms with E-state index in [4.69, 9.17) is 14.2 Å². The number of ether oxygens (including phenoxy) is 3. The third-order valence-electron chi connectivity index (χ3n) is 3.53. The van der Waals surface area contributed by atoms with E-state index in [1.807, 2.05) is 39.0 Å². The molecule has 7 heteroatoms. The van der Waals surface area contributed by atoms with Crippen molar-refractivity contribution < 1.29 is 19.0 Å². The number of carbonyl (C=O) groups is 1. The van der Waals surface area contributed by atoms with E-state index in [-0.39, 0.29) is 5.91 Å². The van der Waals surface area contributed by atoms with Crippen molar-refractivity contribution >= 4 is 11.6 Å². The fourth-order valence-electron chi connectivity index (χ4n) is 2.35. The highest BCUT2D eigenvalue weighted by Crippen LogP contribution is 2.39. The number of benzene rings is 1. The Labute approximate surface area is 159 Å². The van der Waals surface area contributed by atoms with Gasteiger partial charge in [-0.3, -0.25) is 9.78 Å². The van der Waals surface area contributed by atoms with Gasteiger partial charge >= 0.3 is 0 Å². The van der Waals surface area contributed by atoms with Crippen molar-refractivity contribution in [3.05, 3.63) is 47.8 Å². The predicted octanol–water partition coefficient (Wildman–Crippen LogP) is 3.43. The van der Waals surface area contributed by atoms with Gasteiger partial charge in [0.25, 0.3) is 5.91 Å². The molecule has 1 aromatic heterocycles. The summed E-state index contributed by atoms with van der Waals surface area (Å²) in [7, 11) is 0. The molecular formula is C20H25N3O4. The second kappa shape index (κ2) is 10.2. The molecule has 1 heterocycles. The van der Waals surface area contributed by atoms with Crippen molar-refractivity contribution in [2.24, 2.45) is 5.10 Å². The molecule has 0 saturated heterocycles. The highest BCUT2D eigenvalue weighted by atomic mass is 16.5. The molecule has 1 N–H and O–H groups in total. The van der Waals surface area contributed by atoms with Crippen LogP contribution in [0.25, 0.3) is 0 Å². The lowest BCUT2D eigenvalue weighted by molar-refractivity contribution is 0.0953. The zero-order valence-electron chi connectivity index (χ0n) is 16.1. The number of pyridine rings is 1. The number of amides is 1. The fourth-order valence-corrected chi connectivity index (χ4v) is 2.35. The summed E-state index contributed by atoms with van der Waals surface area (Å²) in [6, 6.07) is 8.75. The van der Waals surface area contributed by atoms with E-state index in [0.717, 1.165) is 0 Å². The number of nitrogens with zero attached hydrogens (tertiary/aromatic N) is 2. The van der Waals surface area contributed by atoms with Crippen LogP contribution >= 0.6 is 0 Å². The van der Waals surface area contributed by atoms with Crippen molar-refractivity contribution in [2.75, 3.05) is 19.8 Å². The SMILES string of the molecule is CCOc1cc(C(=O)NN=C(C)c2ccccn2)cc(OCC)c1OCC. The maximum Gasteiger partial charge on any atom is 0.271 e. The molecule has 144 valence electrons. The van der Waals surface area contributed by atoms with Gasteiger partial charge in [-0.05, 0) is 52.0 Å². The van der Waals surface area contributed by atoms with Crippen LogP contribution in [0.1, 0.15) is 43.7 Å². The average molecular weight is 371 g/mol. The van der Waals surface area contributed by atoms with Crippen LogP contribution in [-0.2, 0) is 0 Å². The second-order valence-electron chi connectivity index (χ2n) is 5.45. The Morgan fingerprint density at radius 2 is 1.67 bits per heavy atom. The van der Waals surface area contributed by atoms with Crippen LogP contribution in [-0.4, -0.2) is 36.4 Å². The van der Waals surface area contributed by atoms with E-state index in [1.165, 1.54) is 0 Å². The van der Waals surface area contributed by atoms with E-state index in [2.05, 4.69) is 15.5 Å². The minimum absolute atomic E-state index is 0.364. The van der Waals surface area contributed by atoms with Crippen LogP contribution in [0, 0.1) is 0 Å². The molecule has 1 aromatic carbocycles. The molecule has 0 spiro atoms. The van der Waals surface area contributed by atoms with Crippen LogP contribution < -0.4 is 19.6 Å². The van der Waals surface area contributed by atoms with Crippen LogP contribution in [0.4, 0.5) is 0 Å². The van der Waals surface area contributed by atoms with Crippen molar-refractivity contribution in [2.45, 2.75) is 27.7 Å². The molecule has 0 unspecified atom stereocenters. The molecule has 0 fully saturated rings. The maximum atomic E-state index is 12.6. The minimum atomic E-state index is -0.379. The average Bonchev–Trinajstić information content (AvgIpc) is 2.69. The number of aromatic nitrogens is 1. The first-order chi connectivity index (χ1) is 13.1. The van der Waals surface area contributed by atoms with E-state index in [9.17, 15) is 4.79 Å². The third kappa shape index (κ3) is 5.44. The molecule has 0 aliphatic carbocycles. The smallest absolute Gasteiger partial charge is 0.271 e. The number of hydrogen-bond donors (Lipinski definition) is 1. The Kier molecular flexibility index (Phi) is 7.61. The Bertz CT molecular complexity index is 764. The molecule has 0 saturated carbocycles. The van der Waals surface area contributed by atoms with Gasteiger partial charge in [0.1, 0.15) is 0 Å². The molecule has 7 nitrogen and oxygen atoms in total. The summed E-state index contributed by atoms with van der Waals surface area (Å²) in [5, 5.41) is 4.12. The van der Waals surface area contributed by atoms with Gasteiger partial charge < -0.3 is 14.2 Å². The molecule has 1 amide bonds. The first-order valence-electron chi connectivity index (χ1n) is 8.93. The predicted molar refractivity (Wildman–Crippen MR) is 104 cm³/mol. The van der Waals surface area contributed by atoms with Crippen molar-refractivity contribution in [3.8, 4) is 17.2 Å². The summed E-state index contributed by atoms with van der Waals surface area (Å²) in [6.45, 7) is 8.71. The molecule has 2 rings (SSSR count). The molecule has 2 aromatic rings. The number of carbonyl (C=O) groups excluding carboxylic acids is 1. The zero-order chi connectivity index (χ0) is 19.6. The normalized spacial score (nSPS) is 11.0. The van der Waals surface area contributed by atoms with Crippen LogP contribution in [0.3, 0.4) is 0 Å². The molecule has 27 heavy (non-hydrogen) atoms. The van der Waals surface area contributed by atoms with Crippen molar-refractivity contribution in [1.29, 1.82) is 0 Å². The van der Waals surface area contributed by atoms with Crippen LogP contribution in [0.15, 0.2) is 41.6 Å². The van der Waals surface area contributed by atoms with Gasteiger partial charge in [0, 0.05) is 11.8 Å². The third-order valence-corrected chi connectivity index (χ3v) is 3.53. The van der Waals surface area contributed by atoms with Gasteiger partial charge in [-0.25, -0.2) is 5.43 Å². The van der Waals surface area contributed by atoms with E-state index >= 15 is 0 Å².